The summed E-state index contributed by atoms with van der Waals surface area (Å²) in [5, 5.41) is 3.06. The van der Waals surface area contributed by atoms with Gasteiger partial charge >= 0.3 is 0 Å². The van der Waals surface area contributed by atoms with Crippen LogP contribution < -0.4 is 9.62 Å². The number of halogens is 1. The number of carbonyl (C=O) groups is 1. The molecule has 0 unspecified atom stereocenters. The zero-order chi connectivity index (χ0) is 22.6. The SMILES string of the molecule is CC[C@H](C(=O)N[C@H](CC)c1ccc2c(c1)CCCC2)N(c1ccc(F)cc1)S(C)(=O)=O. The molecule has 0 heterocycles. The summed E-state index contributed by atoms with van der Waals surface area (Å²) < 4.78 is 39.6. The lowest BCUT2D eigenvalue weighted by Crippen LogP contribution is -2.50. The third-order valence-electron chi connectivity index (χ3n) is 5.91. The summed E-state index contributed by atoms with van der Waals surface area (Å²) in [6.45, 7) is 3.77. The number of nitrogens with zero attached hydrogens (tertiary/aromatic N) is 1. The number of rotatable bonds is 8. The molecule has 168 valence electrons. The molecule has 2 aromatic carbocycles. The van der Waals surface area contributed by atoms with Crippen LogP contribution in [0.5, 0.6) is 0 Å². The molecule has 1 amide bonds. The monoisotopic (exact) mass is 446 g/mol. The molecule has 1 N–H and O–H groups in total. The molecule has 7 heteroatoms. The second kappa shape index (κ2) is 9.81. The molecule has 0 bridgehead atoms. The number of hydrogen-bond acceptors (Lipinski definition) is 3. The van der Waals surface area contributed by atoms with Crippen LogP contribution in [0.1, 0.15) is 62.3 Å². The Hall–Kier alpha value is -2.41. The standard InChI is InChI=1S/C24H31FN2O3S/c1-4-22(19-11-10-17-8-6-7-9-18(17)16-19)26-24(28)23(5-2)27(31(3,29)30)21-14-12-20(25)13-15-21/h10-16,22-23H,4-9H2,1-3H3,(H,26,28)/t22-,23-/m1/s1. The summed E-state index contributed by atoms with van der Waals surface area (Å²) in [6.07, 6.45) is 6.58. The maximum absolute atomic E-state index is 13.4. The van der Waals surface area contributed by atoms with Gasteiger partial charge in [-0.15, -0.1) is 0 Å². The molecule has 0 saturated heterocycles. The number of aryl methyl sites for hydroxylation is 2. The largest absolute Gasteiger partial charge is 0.347 e. The molecular formula is C24H31FN2O3S. The summed E-state index contributed by atoms with van der Waals surface area (Å²) in [4.78, 5) is 13.2. The number of nitrogens with one attached hydrogen (secondary N) is 1. The van der Waals surface area contributed by atoms with E-state index in [4.69, 9.17) is 0 Å². The van der Waals surface area contributed by atoms with Crippen LogP contribution in [-0.2, 0) is 27.7 Å². The van der Waals surface area contributed by atoms with Crippen molar-refractivity contribution < 1.29 is 17.6 Å². The molecule has 0 fully saturated rings. The second-order valence-electron chi connectivity index (χ2n) is 8.16. The van der Waals surface area contributed by atoms with Crippen LogP contribution in [0, 0.1) is 5.82 Å². The predicted molar refractivity (Wildman–Crippen MR) is 122 cm³/mol. The number of anilines is 1. The zero-order valence-electron chi connectivity index (χ0n) is 18.4. The Labute approximate surface area is 184 Å². The molecular weight excluding hydrogens is 415 g/mol. The Morgan fingerprint density at radius 3 is 2.26 bits per heavy atom. The van der Waals surface area contributed by atoms with Gasteiger partial charge in [-0.1, -0.05) is 32.0 Å². The Morgan fingerprint density at radius 2 is 1.68 bits per heavy atom. The van der Waals surface area contributed by atoms with Crippen LogP contribution in [0.4, 0.5) is 10.1 Å². The first kappa shape index (κ1) is 23.3. The maximum Gasteiger partial charge on any atom is 0.244 e. The van der Waals surface area contributed by atoms with Crippen molar-refractivity contribution in [3.05, 3.63) is 65.0 Å². The quantitative estimate of drug-likeness (QED) is 0.649. The molecule has 1 aliphatic rings. The summed E-state index contributed by atoms with van der Waals surface area (Å²) in [5.41, 5.74) is 4.03. The van der Waals surface area contributed by atoms with E-state index in [0.29, 0.717) is 6.42 Å². The van der Waals surface area contributed by atoms with Crippen molar-refractivity contribution in [2.45, 2.75) is 64.5 Å². The number of carbonyl (C=O) groups excluding carboxylic acids is 1. The molecule has 0 saturated carbocycles. The average molecular weight is 447 g/mol. The normalized spacial score (nSPS) is 15.6. The number of hydrogen-bond donors (Lipinski definition) is 1. The van der Waals surface area contributed by atoms with E-state index in [-0.39, 0.29) is 24.1 Å². The van der Waals surface area contributed by atoms with Crippen molar-refractivity contribution >= 4 is 21.6 Å². The van der Waals surface area contributed by atoms with Crippen LogP contribution in [0.25, 0.3) is 0 Å². The third kappa shape index (κ3) is 5.45. The molecule has 1 aliphatic carbocycles. The number of fused-ring (bicyclic) bond motifs is 1. The second-order valence-corrected chi connectivity index (χ2v) is 10.0. The minimum Gasteiger partial charge on any atom is -0.347 e. The fraction of sp³-hybridized carbons (Fsp3) is 0.458. The molecule has 31 heavy (non-hydrogen) atoms. The molecule has 0 spiro atoms. The Morgan fingerprint density at radius 1 is 1.03 bits per heavy atom. The Balaban J connectivity index is 1.86. The van der Waals surface area contributed by atoms with Gasteiger partial charge < -0.3 is 5.32 Å². The van der Waals surface area contributed by atoms with Gasteiger partial charge in [0.25, 0.3) is 0 Å². The lowest BCUT2D eigenvalue weighted by molar-refractivity contribution is -0.123. The van der Waals surface area contributed by atoms with Crippen LogP contribution in [0.2, 0.25) is 0 Å². The van der Waals surface area contributed by atoms with Crippen molar-refractivity contribution in [1.82, 2.24) is 5.32 Å². The van der Waals surface area contributed by atoms with Crippen molar-refractivity contribution in [3.8, 4) is 0 Å². The van der Waals surface area contributed by atoms with Crippen LogP contribution in [0.15, 0.2) is 42.5 Å². The van der Waals surface area contributed by atoms with Gasteiger partial charge in [0, 0.05) is 0 Å². The summed E-state index contributed by atoms with van der Waals surface area (Å²) in [7, 11) is -3.76. The highest BCUT2D eigenvalue weighted by atomic mass is 32.2. The third-order valence-corrected chi connectivity index (χ3v) is 7.09. The molecule has 0 aliphatic heterocycles. The average Bonchev–Trinajstić information content (AvgIpc) is 2.75. The number of sulfonamides is 1. The first-order valence-corrected chi connectivity index (χ1v) is 12.8. The highest BCUT2D eigenvalue weighted by Crippen LogP contribution is 2.27. The van der Waals surface area contributed by atoms with E-state index < -0.39 is 21.9 Å². The van der Waals surface area contributed by atoms with E-state index in [0.717, 1.165) is 29.0 Å². The topological polar surface area (TPSA) is 66.5 Å². The van der Waals surface area contributed by atoms with Gasteiger partial charge in [-0.2, -0.15) is 0 Å². The van der Waals surface area contributed by atoms with Gasteiger partial charge in [0.15, 0.2) is 0 Å². The molecule has 0 radical (unpaired) electrons. The van der Waals surface area contributed by atoms with E-state index in [1.807, 2.05) is 6.92 Å². The van der Waals surface area contributed by atoms with Gasteiger partial charge in [0.05, 0.1) is 18.0 Å². The number of amides is 1. The molecule has 5 nitrogen and oxygen atoms in total. The highest BCUT2D eigenvalue weighted by molar-refractivity contribution is 7.92. The minimum atomic E-state index is -3.76. The van der Waals surface area contributed by atoms with E-state index in [9.17, 15) is 17.6 Å². The fourth-order valence-electron chi connectivity index (χ4n) is 4.31. The maximum atomic E-state index is 13.4. The van der Waals surface area contributed by atoms with Crippen LogP contribution in [0.3, 0.4) is 0 Å². The van der Waals surface area contributed by atoms with Crippen LogP contribution in [-0.4, -0.2) is 26.6 Å². The van der Waals surface area contributed by atoms with Gasteiger partial charge in [0.2, 0.25) is 15.9 Å². The lowest BCUT2D eigenvalue weighted by Gasteiger charge is -2.31. The number of benzene rings is 2. The summed E-state index contributed by atoms with van der Waals surface area (Å²) >= 11 is 0. The fourth-order valence-corrected chi connectivity index (χ4v) is 5.52. The lowest BCUT2D eigenvalue weighted by atomic mass is 9.88. The van der Waals surface area contributed by atoms with Crippen LogP contribution >= 0.6 is 0 Å². The minimum absolute atomic E-state index is 0.205. The molecule has 3 rings (SSSR count). The van der Waals surface area contributed by atoms with E-state index in [1.165, 1.54) is 48.2 Å². The highest BCUT2D eigenvalue weighted by Gasteiger charge is 2.32. The smallest absolute Gasteiger partial charge is 0.244 e. The first-order chi connectivity index (χ1) is 14.7. The Bertz CT molecular complexity index is 1020. The zero-order valence-corrected chi connectivity index (χ0v) is 19.2. The van der Waals surface area contributed by atoms with Crippen molar-refractivity contribution in [2.75, 3.05) is 10.6 Å². The molecule has 0 aromatic heterocycles. The van der Waals surface area contributed by atoms with Gasteiger partial charge in [0.1, 0.15) is 11.9 Å². The summed E-state index contributed by atoms with van der Waals surface area (Å²) in [5.74, 6) is -0.824. The first-order valence-electron chi connectivity index (χ1n) is 10.9. The van der Waals surface area contributed by atoms with Gasteiger partial charge in [-0.05, 0) is 79.5 Å². The summed E-state index contributed by atoms with van der Waals surface area (Å²) in [6, 6.07) is 10.4. The van der Waals surface area contributed by atoms with E-state index >= 15 is 0 Å². The molecule has 2 atom stereocenters. The van der Waals surface area contributed by atoms with E-state index in [1.54, 1.807) is 6.92 Å². The van der Waals surface area contributed by atoms with Crippen molar-refractivity contribution in [3.63, 3.8) is 0 Å². The van der Waals surface area contributed by atoms with Gasteiger partial charge in [-0.3, -0.25) is 9.10 Å². The van der Waals surface area contributed by atoms with E-state index in [2.05, 4.69) is 23.5 Å². The molecule has 2 aromatic rings. The predicted octanol–water partition coefficient (Wildman–Crippen LogP) is 4.52. The van der Waals surface area contributed by atoms with Crippen molar-refractivity contribution in [2.24, 2.45) is 0 Å². The Kier molecular flexibility index (Phi) is 7.36. The van der Waals surface area contributed by atoms with Gasteiger partial charge in [-0.25, -0.2) is 12.8 Å². The van der Waals surface area contributed by atoms with Crippen molar-refractivity contribution in [1.29, 1.82) is 0 Å².